The van der Waals surface area contributed by atoms with Crippen LogP contribution in [0.2, 0.25) is 0 Å². The minimum Gasteiger partial charge on any atom is -0.308 e. The average molecular weight is 259 g/mol. The molecule has 1 aromatic carbocycles. The molecule has 0 amide bonds. The maximum Gasteiger partial charge on any atom is 0.270 e. The van der Waals surface area contributed by atoms with E-state index in [0.717, 1.165) is 11.3 Å². The number of benzene rings is 1. The molecule has 2 aromatic rings. The van der Waals surface area contributed by atoms with E-state index in [-0.39, 0.29) is 5.69 Å². The van der Waals surface area contributed by atoms with Gasteiger partial charge >= 0.3 is 0 Å². The van der Waals surface area contributed by atoms with E-state index in [4.69, 9.17) is 5.84 Å². The molecule has 7 heteroatoms. The largest absolute Gasteiger partial charge is 0.308 e. The van der Waals surface area contributed by atoms with Crippen molar-refractivity contribution in [1.82, 2.24) is 9.97 Å². The van der Waals surface area contributed by atoms with Gasteiger partial charge < -0.3 is 5.43 Å². The summed E-state index contributed by atoms with van der Waals surface area (Å²) >= 11 is 0. The number of nitro groups is 1. The molecule has 0 saturated heterocycles. The number of aromatic nitrogens is 2. The molecule has 3 N–H and O–H groups in total. The molecule has 0 bridgehead atoms. The first kappa shape index (κ1) is 12.9. The minimum atomic E-state index is -0.452. The minimum absolute atomic E-state index is 0.00147. The van der Waals surface area contributed by atoms with E-state index >= 15 is 0 Å². The number of nitrogen functional groups attached to an aromatic ring is 1. The molecular formula is C12H13N5O2. The second-order valence-electron chi connectivity index (χ2n) is 4.06. The molecule has 0 aliphatic rings. The Morgan fingerprint density at radius 3 is 2.68 bits per heavy atom. The van der Waals surface area contributed by atoms with E-state index in [2.05, 4.69) is 15.4 Å². The predicted octanol–water partition coefficient (Wildman–Crippen LogP) is 1.95. The van der Waals surface area contributed by atoms with Crippen molar-refractivity contribution < 1.29 is 4.92 Å². The summed E-state index contributed by atoms with van der Waals surface area (Å²) in [4.78, 5) is 18.9. The highest BCUT2D eigenvalue weighted by Crippen LogP contribution is 2.24. The van der Waals surface area contributed by atoms with Gasteiger partial charge in [-0.2, -0.15) is 0 Å². The molecule has 98 valence electrons. The monoisotopic (exact) mass is 259 g/mol. The highest BCUT2D eigenvalue weighted by molar-refractivity contribution is 5.62. The van der Waals surface area contributed by atoms with Crippen LogP contribution in [0.1, 0.15) is 11.3 Å². The van der Waals surface area contributed by atoms with Crippen LogP contribution >= 0.6 is 0 Å². The fraction of sp³-hybridized carbons (Fsp3) is 0.167. The second kappa shape index (κ2) is 4.99. The predicted molar refractivity (Wildman–Crippen MR) is 71.4 cm³/mol. The van der Waals surface area contributed by atoms with E-state index in [0.29, 0.717) is 17.2 Å². The Balaban J connectivity index is 2.56. The van der Waals surface area contributed by atoms with Gasteiger partial charge in [-0.3, -0.25) is 10.1 Å². The lowest BCUT2D eigenvalue weighted by Crippen LogP contribution is -2.12. The quantitative estimate of drug-likeness (QED) is 0.495. The van der Waals surface area contributed by atoms with Crippen molar-refractivity contribution in [3.63, 3.8) is 0 Å². The molecule has 2 rings (SSSR count). The van der Waals surface area contributed by atoms with Gasteiger partial charge in [-0.15, -0.1) is 0 Å². The summed E-state index contributed by atoms with van der Waals surface area (Å²) in [6.07, 6.45) is 0. The topological polar surface area (TPSA) is 107 Å². The molecule has 0 fully saturated rings. The molecular weight excluding hydrogens is 246 g/mol. The van der Waals surface area contributed by atoms with E-state index in [1.54, 1.807) is 12.1 Å². The summed E-state index contributed by atoms with van der Waals surface area (Å²) in [6.45, 7) is 3.68. The van der Waals surface area contributed by atoms with E-state index < -0.39 is 4.92 Å². The van der Waals surface area contributed by atoms with Crippen molar-refractivity contribution in [2.45, 2.75) is 13.8 Å². The average Bonchev–Trinajstić information content (AvgIpc) is 2.41. The second-order valence-corrected chi connectivity index (χ2v) is 4.06. The number of nitrogens with zero attached hydrogens (tertiary/aromatic N) is 3. The molecule has 19 heavy (non-hydrogen) atoms. The molecule has 0 radical (unpaired) electrons. The van der Waals surface area contributed by atoms with Crippen LogP contribution in [0.25, 0.3) is 11.4 Å². The van der Waals surface area contributed by atoms with Crippen molar-refractivity contribution in [1.29, 1.82) is 0 Å². The van der Waals surface area contributed by atoms with Gasteiger partial charge in [0.15, 0.2) is 5.82 Å². The van der Waals surface area contributed by atoms with Gasteiger partial charge in [-0.1, -0.05) is 12.1 Å². The Hall–Kier alpha value is -2.54. The van der Waals surface area contributed by atoms with Crippen LogP contribution in [0.3, 0.4) is 0 Å². The zero-order valence-corrected chi connectivity index (χ0v) is 10.5. The van der Waals surface area contributed by atoms with Crippen molar-refractivity contribution in [2.75, 3.05) is 5.43 Å². The normalized spacial score (nSPS) is 10.3. The van der Waals surface area contributed by atoms with Gasteiger partial charge in [-0.25, -0.2) is 15.8 Å². The highest BCUT2D eigenvalue weighted by atomic mass is 16.6. The van der Waals surface area contributed by atoms with E-state index in [1.807, 2.05) is 13.8 Å². The number of rotatable bonds is 3. The van der Waals surface area contributed by atoms with Crippen LogP contribution in [0.5, 0.6) is 0 Å². The number of nitro benzene ring substituents is 1. The van der Waals surface area contributed by atoms with Crippen LogP contribution in [-0.4, -0.2) is 14.9 Å². The Kier molecular flexibility index (Phi) is 3.39. The molecule has 1 aromatic heterocycles. The van der Waals surface area contributed by atoms with E-state index in [1.165, 1.54) is 12.1 Å². The summed E-state index contributed by atoms with van der Waals surface area (Å²) in [5.74, 6) is 6.31. The summed E-state index contributed by atoms with van der Waals surface area (Å²) in [6, 6.07) is 6.18. The Labute approximate surface area is 109 Å². The highest BCUT2D eigenvalue weighted by Gasteiger charge is 2.12. The third-order valence-electron chi connectivity index (χ3n) is 2.84. The van der Waals surface area contributed by atoms with Crippen molar-refractivity contribution in [3.8, 4) is 11.4 Å². The first-order chi connectivity index (χ1) is 9.02. The number of aryl methyl sites for hydroxylation is 1. The van der Waals surface area contributed by atoms with Crippen LogP contribution < -0.4 is 11.3 Å². The van der Waals surface area contributed by atoms with Crippen LogP contribution in [-0.2, 0) is 0 Å². The van der Waals surface area contributed by atoms with Crippen molar-refractivity contribution >= 4 is 11.5 Å². The number of nitrogens with two attached hydrogens (primary N) is 1. The van der Waals surface area contributed by atoms with Gasteiger partial charge in [-0.05, 0) is 13.8 Å². The Bertz CT molecular complexity index is 642. The molecule has 0 saturated carbocycles. The molecule has 0 aliphatic carbocycles. The Morgan fingerprint density at radius 1 is 1.32 bits per heavy atom. The molecule has 0 aliphatic heterocycles. The molecule has 7 nitrogen and oxygen atoms in total. The number of hydrazine groups is 1. The third kappa shape index (κ3) is 2.50. The maximum absolute atomic E-state index is 10.8. The van der Waals surface area contributed by atoms with Gasteiger partial charge in [0.1, 0.15) is 5.82 Å². The molecule has 1 heterocycles. The van der Waals surface area contributed by atoms with Gasteiger partial charge in [0, 0.05) is 29.0 Å². The zero-order chi connectivity index (χ0) is 14.0. The number of hydrogen-bond donors (Lipinski definition) is 2. The number of non-ortho nitro benzene ring substituents is 1. The van der Waals surface area contributed by atoms with Crippen LogP contribution in [0.4, 0.5) is 11.5 Å². The van der Waals surface area contributed by atoms with Crippen molar-refractivity contribution in [2.24, 2.45) is 5.84 Å². The maximum atomic E-state index is 10.8. The van der Waals surface area contributed by atoms with Gasteiger partial charge in [0.2, 0.25) is 0 Å². The zero-order valence-electron chi connectivity index (χ0n) is 10.5. The van der Waals surface area contributed by atoms with Crippen LogP contribution in [0.15, 0.2) is 24.3 Å². The smallest absolute Gasteiger partial charge is 0.270 e. The summed E-state index contributed by atoms with van der Waals surface area (Å²) in [5, 5.41) is 10.8. The summed E-state index contributed by atoms with van der Waals surface area (Å²) < 4.78 is 0. The van der Waals surface area contributed by atoms with Crippen molar-refractivity contribution in [3.05, 3.63) is 45.6 Å². The SMILES string of the molecule is Cc1nc(-c2cccc([N+](=O)[O-])c2)nc(NN)c1C. The molecule has 0 spiro atoms. The fourth-order valence-corrected chi connectivity index (χ4v) is 1.66. The standard InChI is InChI=1S/C12H13N5O2/c1-7-8(2)14-12(15-11(7)16-13)9-4-3-5-10(6-9)17(18)19/h3-6H,13H2,1-2H3,(H,14,15,16). The lowest BCUT2D eigenvalue weighted by molar-refractivity contribution is -0.384. The fourth-order valence-electron chi connectivity index (χ4n) is 1.66. The summed E-state index contributed by atoms with van der Waals surface area (Å²) in [5.41, 5.74) is 4.69. The van der Waals surface area contributed by atoms with Gasteiger partial charge in [0.25, 0.3) is 5.69 Å². The third-order valence-corrected chi connectivity index (χ3v) is 2.84. The number of anilines is 1. The van der Waals surface area contributed by atoms with Gasteiger partial charge in [0.05, 0.1) is 4.92 Å². The summed E-state index contributed by atoms with van der Waals surface area (Å²) in [7, 11) is 0. The first-order valence-electron chi connectivity index (χ1n) is 5.59. The Morgan fingerprint density at radius 2 is 2.05 bits per heavy atom. The number of hydrogen-bond acceptors (Lipinski definition) is 6. The van der Waals surface area contributed by atoms with E-state index in [9.17, 15) is 10.1 Å². The molecule has 0 unspecified atom stereocenters. The number of nitrogens with one attached hydrogen (secondary N) is 1. The molecule has 0 atom stereocenters. The first-order valence-corrected chi connectivity index (χ1v) is 5.59. The van der Waals surface area contributed by atoms with Crippen LogP contribution in [0, 0.1) is 24.0 Å². The lowest BCUT2D eigenvalue weighted by Gasteiger charge is -2.09. The lowest BCUT2D eigenvalue weighted by atomic mass is 10.1.